The van der Waals surface area contributed by atoms with Gasteiger partial charge in [-0.3, -0.25) is 0 Å². The molecule has 0 aliphatic rings. The smallest absolute Gasteiger partial charge is 0.134 e. The Labute approximate surface area is 84.5 Å². The fourth-order valence-corrected chi connectivity index (χ4v) is 1.02. The van der Waals surface area contributed by atoms with E-state index in [-0.39, 0.29) is 12.4 Å². The molecule has 0 unspecified atom stereocenters. The van der Waals surface area contributed by atoms with Crippen molar-refractivity contribution in [3.8, 4) is 0 Å². The van der Waals surface area contributed by atoms with Crippen LogP contribution in [0.5, 0.6) is 0 Å². The lowest BCUT2D eigenvalue weighted by Gasteiger charge is -2.05. The molecule has 5 heteroatoms. The molecule has 0 saturated carbocycles. The Kier molecular flexibility index (Phi) is 6.58. The molecule has 0 atom stereocenters. The fourth-order valence-electron chi connectivity index (χ4n) is 1.02. The predicted molar refractivity (Wildman–Crippen MR) is 53.9 cm³/mol. The average Bonchev–Trinajstić information content (AvgIpc) is 2.50. The number of halogens is 1. The van der Waals surface area contributed by atoms with Crippen LogP contribution in [0, 0.1) is 0 Å². The molecule has 0 radical (unpaired) electrons. The van der Waals surface area contributed by atoms with Crippen LogP contribution in [0.15, 0.2) is 12.4 Å². The maximum Gasteiger partial charge on any atom is 0.134 e. The number of aromatic nitrogens is 2. The molecule has 0 bridgehead atoms. The molecule has 1 rings (SSSR count). The number of imidazole rings is 1. The lowest BCUT2D eigenvalue weighted by Crippen LogP contribution is -2.12. The van der Waals surface area contributed by atoms with Gasteiger partial charge in [-0.25, -0.2) is 4.98 Å². The highest BCUT2D eigenvalue weighted by Crippen LogP contribution is 1.98. The van der Waals surface area contributed by atoms with Crippen molar-refractivity contribution in [3.63, 3.8) is 0 Å². The quantitative estimate of drug-likeness (QED) is 0.774. The molecule has 1 aromatic rings. The van der Waals surface area contributed by atoms with Gasteiger partial charge >= 0.3 is 0 Å². The molecule has 76 valence electrons. The molecule has 0 spiro atoms. The number of hydrogen-bond donors (Lipinski definition) is 1. The molecule has 1 aromatic heterocycles. The van der Waals surface area contributed by atoms with Gasteiger partial charge in [0.25, 0.3) is 0 Å². The maximum atomic E-state index is 5.43. The van der Waals surface area contributed by atoms with Crippen LogP contribution in [0.2, 0.25) is 0 Å². The van der Waals surface area contributed by atoms with E-state index in [1.807, 2.05) is 17.7 Å². The molecule has 0 amide bonds. The summed E-state index contributed by atoms with van der Waals surface area (Å²) < 4.78 is 7.25. The molecule has 4 nitrogen and oxygen atoms in total. The molecular formula is C8H16ClN3O. The third-order valence-corrected chi connectivity index (χ3v) is 1.61. The summed E-state index contributed by atoms with van der Waals surface area (Å²) in [6.07, 6.45) is 3.69. The van der Waals surface area contributed by atoms with Gasteiger partial charge in [0.1, 0.15) is 12.4 Å². The highest BCUT2D eigenvalue weighted by molar-refractivity contribution is 5.85. The monoisotopic (exact) mass is 205 g/mol. The number of hydrogen-bond acceptors (Lipinski definition) is 3. The van der Waals surface area contributed by atoms with Crippen LogP contribution >= 0.6 is 12.4 Å². The van der Waals surface area contributed by atoms with E-state index in [4.69, 9.17) is 10.5 Å². The van der Waals surface area contributed by atoms with Crippen LogP contribution in [0.1, 0.15) is 12.7 Å². The lowest BCUT2D eigenvalue weighted by atomic mass is 10.5. The SMILES string of the molecule is CCOCc1nccn1CCN.Cl. The Morgan fingerprint density at radius 3 is 3.00 bits per heavy atom. The summed E-state index contributed by atoms with van der Waals surface area (Å²) in [5.74, 6) is 0.947. The van der Waals surface area contributed by atoms with Gasteiger partial charge in [-0.05, 0) is 6.92 Å². The molecule has 0 aromatic carbocycles. The Bertz CT molecular complexity index is 227. The van der Waals surface area contributed by atoms with Crippen molar-refractivity contribution in [1.29, 1.82) is 0 Å². The van der Waals surface area contributed by atoms with Crippen LogP contribution in [0.25, 0.3) is 0 Å². The van der Waals surface area contributed by atoms with E-state index in [2.05, 4.69) is 4.98 Å². The van der Waals surface area contributed by atoms with E-state index in [0.29, 0.717) is 13.2 Å². The lowest BCUT2D eigenvalue weighted by molar-refractivity contribution is 0.125. The van der Waals surface area contributed by atoms with Crippen LogP contribution in [-0.2, 0) is 17.9 Å². The highest BCUT2D eigenvalue weighted by atomic mass is 35.5. The Morgan fingerprint density at radius 2 is 2.38 bits per heavy atom. The minimum Gasteiger partial charge on any atom is -0.374 e. The van der Waals surface area contributed by atoms with Gasteiger partial charge in [0.05, 0.1) is 0 Å². The summed E-state index contributed by atoms with van der Waals surface area (Å²) in [6, 6.07) is 0. The van der Waals surface area contributed by atoms with Crippen LogP contribution < -0.4 is 5.73 Å². The summed E-state index contributed by atoms with van der Waals surface area (Å²) in [5.41, 5.74) is 5.43. The first kappa shape index (κ1) is 12.4. The van der Waals surface area contributed by atoms with Gasteiger partial charge in [0.2, 0.25) is 0 Å². The van der Waals surface area contributed by atoms with Crippen LogP contribution in [-0.4, -0.2) is 22.7 Å². The normalized spacial score (nSPS) is 9.69. The zero-order valence-electron chi connectivity index (χ0n) is 7.77. The Morgan fingerprint density at radius 1 is 1.62 bits per heavy atom. The van der Waals surface area contributed by atoms with Gasteiger partial charge < -0.3 is 15.0 Å². The zero-order valence-corrected chi connectivity index (χ0v) is 8.59. The van der Waals surface area contributed by atoms with Gasteiger partial charge in [-0.2, -0.15) is 0 Å². The zero-order chi connectivity index (χ0) is 8.81. The topological polar surface area (TPSA) is 53.1 Å². The molecule has 0 aliphatic heterocycles. The van der Waals surface area contributed by atoms with E-state index in [9.17, 15) is 0 Å². The number of nitrogens with zero attached hydrogens (tertiary/aromatic N) is 2. The van der Waals surface area contributed by atoms with Gasteiger partial charge in [-0.1, -0.05) is 0 Å². The second-order valence-electron chi connectivity index (χ2n) is 2.46. The van der Waals surface area contributed by atoms with E-state index in [0.717, 1.165) is 19.0 Å². The van der Waals surface area contributed by atoms with Gasteiger partial charge in [0.15, 0.2) is 0 Å². The van der Waals surface area contributed by atoms with E-state index < -0.39 is 0 Å². The second-order valence-corrected chi connectivity index (χ2v) is 2.46. The minimum atomic E-state index is 0. The first-order chi connectivity index (χ1) is 5.88. The highest BCUT2D eigenvalue weighted by Gasteiger charge is 2.00. The summed E-state index contributed by atoms with van der Waals surface area (Å²) in [6.45, 7) is 4.70. The molecular weight excluding hydrogens is 190 g/mol. The largest absolute Gasteiger partial charge is 0.374 e. The second kappa shape index (κ2) is 6.88. The van der Waals surface area contributed by atoms with Crippen molar-refractivity contribution < 1.29 is 4.74 Å². The van der Waals surface area contributed by atoms with E-state index in [1.165, 1.54) is 0 Å². The number of rotatable bonds is 5. The average molecular weight is 206 g/mol. The molecule has 0 saturated heterocycles. The summed E-state index contributed by atoms with van der Waals surface area (Å²) in [7, 11) is 0. The van der Waals surface area contributed by atoms with Crippen molar-refractivity contribution in [2.24, 2.45) is 5.73 Å². The standard InChI is InChI=1S/C8H15N3O.ClH/c1-2-12-7-8-10-4-6-11(8)5-3-9;/h4,6H,2-3,5,7,9H2,1H3;1H. The summed E-state index contributed by atoms with van der Waals surface area (Å²) >= 11 is 0. The summed E-state index contributed by atoms with van der Waals surface area (Å²) in [5, 5.41) is 0. The van der Waals surface area contributed by atoms with Crippen molar-refractivity contribution in [2.45, 2.75) is 20.1 Å². The Balaban J connectivity index is 0.00000144. The van der Waals surface area contributed by atoms with E-state index in [1.54, 1.807) is 6.20 Å². The van der Waals surface area contributed by atoms with Crippen molar-refractivity contribution in [2.75, 3.05) is 13.2 Å². The van der Waals surface area contributed by atoms with Crippen molar-refractivity contribution >= 4 is 12.4 Å². The van der Waals surface area contributed by atoms with Crippen LogP contribution in [0.4, 0.5) is 0 Å². The third kappa shape index (κ3) is 3.76. The maximum absolute atomic E-state index is 5.43. The van der Waals surface area contributed by atoms with Crippen LogP contribution in [0.3, 0.4) is 0 Å². The predicted octanol–water partition coefficient (Wildman–Crippen LogP) is 0.800. The first-order valence-electron chi connectivity index (χ1n) is 4.16. The molecule has 13 heavy (non-hydrogen) atoms. The third-order valence-electron chi connectivity index (χ3n) is 1.61. The molecule has 0 aliphatic carbocycles. The molecule has 1 heterocycles. The van der Waals surface area contributed by atoms with Crippen molar-refractivity contribution in [1.82, 2.24) is 9.55 Å². The Hall–Kier alpha value is -0.580. The van der Waals surface area contributed by atoms with E-state index >= 15 is 0 Å². The van der Waals surface area contributed by atoms with Gasteiger partial charge in [-0.15, -0.1) is 12.4 Å². The fraction of sp³-hybridized carbons (Fsp3) is 0.625. The number of ether oxygens (including phenoxy) is 1. The summed E-state index contributed by atoms with van der Waals surface area (Å²) in [4.78, 5) is 4.15. The molecule has 2 N–H and O–H groups in total. The first-order valence-corrected chi connectivity index (χ1v) is 4.16. The molecule has 0 fully saturated rings. The van der Waals surface area contributed by atoms with Gasteiger partial charge in [0, 0.05) is 32.1 Å². The minimum absolute atomic E-state index is 0. The van der Waals surface area contributed by atoms with Crippen molar-refractivity contribution in [3.05, 3.63) is 18.2 Å². The number of nitrogens with two attached hydrogens (primary N) is 1.